The SMILES string of the molecule is CC1(c2cccc(Br)c2)CC(=O)NC1=O. The first kappa shape index (κ1) is 10.4. The molecule has 2 amide bonds. The van der Waals surface area contributed by atoms with Crippen LogP contribution >= 0.6 is 15.9 Å². The van der Waals surface area contributed by atoms with Crippen LogP contribution in [0.15, 0.2) is 28.7 Å². The maximum atomic E-state index is 11.7. The molecule has 0 saturated carbocycles. The van der Waals surface area contributed by atoms with Crippen molar-refractivity contribution in [2.24, 2.45) is 0 Å². The van der Waals surface area contributed by atoms with Gasteiger partial charge in [0.05, 0.1) is 5.41 Å². The molecule has 0 spiro atoms. The molecule has 1 aliphatic rings. The largest absolute Gasteiger partial charge is 0.296 e. The number of hydrogen-bond donors (Lipinski definition) is 1. The minimum Gasteiger partial charge on any atom is -0.296 e. The summed E-state index contributed by atoms with van der Waals surface area (Å²) in [6, 6.07) is 7.49. The third-order valence-electron chi connectivity index (χ3n) is 2.73. The molecule has 0 aliphatic carbocycles. The Hall–Kier alpha value is -1.16. The van der Waals surface area contributed by atoms with E-state index in [1.165, 1.54) is 0 Å². The molecule has 1 aromatic rings. The molecule has 1 fully saturated rings. The van der Waals surface area contributed by atoms with Gasteiger partial charge in [0.2, 0.25) is 11.8 Å². The predicted molar refractivity (Wildman–Crippen MR) is 59.3 cm³/mol. The van der Waals surface area contributed by atoms with E-state index < -0.39 is 5.41 Å². The van der Waals surface area contributed by atoms with E-state index in [4.69, 9.17) is 0 Å². The van der Waals surface area contributed by atoms with Crippen molar-refractivity contribution in [2.75, 3.05) is 0 Å². The van der Waals surface area contributed by atoms with Crippen molar-refractivity contribution < 1.29 is 9.59 Å². The Bertz CT molecular complexity index is 444. The first-order valence-electron chi connectivity index (χ1n) is 4.63. The van der Waals surface area contributed by atoms with Crippen LogP contribution in [0.2, 0.25) is 0 Å². The summed E-state index contributed by atoms with van der Waals surface area (Å²) in [6.07, 6.45) is 0.224. The van der Waals surface area contributed by atoms with Crippen molar-refractivity contribution in [2.45, 2.75) is 18.8 Å². The zero-order chi connectivity index (χ0) is 11.1. The Morgan fingerprint density at radius 1 is 1.40 bits per heavy atom. The molecule has 0 aromatic heterocycles. The highest BCUT2D eigenvalue weighted by Crippen LogP contribution is 2.32. The second-order valence-corrected chi connectivity index (χ2v) is 4.81. The lowest BCUT2D eigenvalue weighted by atomic mass is 9.81. The zero-order valence-electron chi connectivity index (χ0n) is 8.21. The lowest BCUT2D eigenvalue weighted by Crippen LogP contribution is -2.32. The number of hydrogen-bond acceptors (Lipinski definition) is 2. The van der Waals surface area contributed by atoms with E-state index in [1.807, 2.05) is 24.3 Å². The first-order chi connectivity index (χ1) is 7.02. The minimum atomic E-state index is -0.721. The molecule has 15 heavy (non-hydrogen) atoms. The van der Waals surface area contributed by atoms with E-state index in [0.29, 0.717) is 0 Å². The predicted octanol–water partition coefficient (Wildman–Crippen LogP) is 1.75. The van der Waals surface area contributed by atoms with E-state index >= 15 is 0 Å². The van der Waals surface area contributed by atoms with Gasteiger partial charge in [0.1, 0.15) is 0 Å². The van der Waals surface area contributed by atoms with Crippen LogP contribution in [0.25, 0.3) is 0 Å². The Labute approximate surface area is 96.0 Å². The fraction of sp³-hybridized carbons (Fsp3) is 0.273. The third kappa shape index (κ3) is 1.69. The lowest BCUT2D eigenvalue weighted by molar-refractivity contribution is -0.126. The van der Waals surface area contributed by atoms with Gasteiger partial charge in [-0.25, -0.2) is 0 Å². The highest BCUT2D eigenvalue weighted by Gasteiger charge is 2.43. The van der Waals surface area contributed by atoms with Gasteiger partial charge >= 0.3 is 0 Å². The van der Waals surface area contributed by atoms with Gasteiger partial charge in [0, 0.05) is 10.9 Å². The molecule has 1 aromatic carbocycles. The fourth-order valence-electron chi connectivity index (χ4n) is 1.78. The van der Waals surface area contributed by atoms with Crippen molar-refractivity contribution in [3.63, 3.8) is 0 Å². The van der Waals surface area contributed by atoms with Crippen molar-refractivity contribution in [3.8, 4) is 0 Å². The maximum absolute atomic E-state index is 11.7. The molecule has 0 radical (unpaired) electrons. The topological polar surface area (TPSA) is 46.2 Å². The van der Waals surface area contributed by atoms with Crippen LogP contribution in [0.3, 0.4) is 0 Å². The summed E-state index contributed by atoms with van der Waals surface area (Å²) >= 11 is 3.35. The molecule has 1 heterocycles. The van der Waals surface area contributed by atoms with Crippen LogP contribution in [0.1, 0.15) is 18.9 Å². The van der Waals surface area contributed by atoms with E-state index in [-0.39, 0.29) is 18.2 Å². The molecule has 3 nitrogen and oxygen atoms in total. The highest BCUT2D eigenvalue weighted by atomic mass is 79.9. The van der Waals surface area contributed by atoms with Gasteiger partial charge in [-0.1, -0.05) is 28.1 Å². The number of nitrogens with one attached hydrogen (secondary N) is 1. The molecule has 2 rings (SSSR count). The first-order valence-corrected chi connectivity index (χ1v) is 5.42. The molecule has 0 bridgehead atoms. The number of halogens is 1. The number of rotatable bonds is 1. The summed E-state index contributed by atoms with van der Waals surface area (Å²) in [6.45, 7) is 1.79. The monoisotopic (exact) mass is 267 g/mol. The lowest BCUT2D eigenvalue weighted by Gasteiger charge is -2.19. The van der Waals surface area contributed by atoms with Crippen LogP contribution in [0.5, 0.6) is 0 Å². The van der Waals surface area contributed by atoms with E-state index in [2.05, 4.69) is 21.2 Å². The van der Waals surface area contributed by atoms with Crippen LogP contribution in [-0.4, -0.2) is 11.8 Å². The summed E-state index contributed by atoms with van der Waals surface area (Å²) in [7, 11) is 0. The van der Waals surface area contributed by atoms with Gasteiger partial charge < -0.3 is 0 Å². The summed E-state index contributed by atoms with van der Waals surface area (Å²) in [4.78, 5) is 22.9. The smallest absolute Gasteiger partial charge is 0.237 e. The van der Waals surface area contributed by atoms with Crippen molar-refractivity contribution in [1.82, 2.24) is 5.32 Å². The molecule has 4 heteroatoms. The Morgan fingerprint density at radius 3 is 2.67 bits per heavy atom. The van der Waals surface area contributed by atoms with Gasteiger partial charge in [-0.05, 0) is 24.6 Å². The van der Waals surface area contributed by atoms with Gasteiger partial charge in [-0.3, -0.25) is 14.9 Å². The summed E-state index contributed by atoms with van der Waals surface area (Å²) in [5.74, 6) is -0.423. The highest BCUT2D eigenvalue weighted by molar-refractivity contribution is 9.10. The molecule has 1 atom stereocenters. The Kier molecular flexibility index (Phi) is 2.38. The summed E-state index contributed by atoms with van der Waals surface area (Å²) < 4.78 is 0.911. The summed E-state index contributed by atoms with van der Waals surface area (Å²) in [5.41, 5.74) is 0.140. The average Bonchev–Trinajstić information content (AvgIpc) is 2.42. The van der Waals surface area contributed by atoms with Crippen LogP contribution < -0.4 is 5.32 Å². The van der Waals surface area contributed by atoms with Crippen LogP contribution in [0.4, 0.5) is 0 Å². The van der Waals surface area contributed by atoms with Crippen LogP contribution in [0, 0.1) is 0 Å². The molecule has 1 unspecified atom stereocenters. The quantitative estimate of drug-likeness (QED) is 0.789. The maximum Gasteiger partial charge on any atom is 0.237 e. The molecule has 78 valence electrons. The fourth-order valence-corrected chi connectivity index (χ4v) is 2.17. The minimum absolute atomic E-state index is 0.206. The molecule has 1 N–H and O–H groups in total. The molecular weight excluding hydrogens is 258 g/mol. The number of carbonyl (C=O) groups excluding carboxylic acids is 2. The Balaban J connectivity index is 2.46. The zero-order valence-corrected chi connectivity index (χ0v) is 9.80. The van der Waals surface area contributed by atoms with Gasteiger partial charge in [0.15, 0.2) is 0 Å². The second kappa shape index (κ2) is 3.45. The third-order valence-corrected chi connectivity index (χ3v) is 3.22. The van der Waals surface area contributed by atoms with E-state index in [1.54, 1.807) is 6.92 Å². The number of imide groups is 1. The average molecular weight is 268 g/mol. The van der Waals surface area contributed by atoms with Crippen molar-refractivity contribution in [1.29, 1.82) is 0 Å². The van der Waals surface area contributed by atoms with Crippen molar-refractivity contribution in [3.05, 3.63) is 34.3 Å². The van der Waals surface area contributed by atoms with Gasteiger partial charge in [-0.15, -0.1) is 0 Å². The number of benzene rings is 1. The second-order valence-electron chi connectivity index (χ2n) is 3.90. The number of carbonyl (C=O) groups is 2. The molecule has 1 aliphatic heterocycles. The van der Waals surface area contributed by atoms with E-state index in [9.17, 15) is 9.59 Å². The van der Waals surface area contributed by atoms with Gasteiger partial charge in [-0.2, -0.15) is 0 Å². The molecule has 1 saturated heterocycles. The number of amides is 2. The van der Waals surface area contributed by atoms with Crippen molar-refractivity contribution >= 4 is 27.7 Å². The van der Waals surface area contributed by atoms with E-state index in [0.717, 1.165) is 10.0 Å². The summed E-state index contributed by atoms with van der Waals surface area (Å²) in [5, 5.41) is 2.33. The standard InChI is InChI=1S/C11H10BrNO2/c1-11(6-9(14)13-10(11)15)7-3-2-4-8(12)5-7/h2-5H,6H2,1H3,(H,13,14,15). The van der Waals surface area contributed by atoms with Gasteiger partial charge in [0.25, 0.3) is 0 Å². The Morgan fingerprint density at radius 2 is 2.13 bits per heavy atom. The van der Waals surface area contributed by atoms with Crippen LogP contribution in [-0.2, 0) is 15.0 Å². The molecular formula is C11H10BrNO2. The normalized spacial score (nSPS) is 25.5.